The molecule has 2 aliphatic rings. The number of hydrogen-bond acceptors (Lipinski definition) is 3. The number of likely N-dealkylation sites (N-methyl/N-ethyl adjacent to an activating group) is 1. The molecule has 2 fully saturated rings. The molecule has 40 heavy (non-hydrogen) atoms. The minimum Gasteiger partial charge on any atom is -0.354 e. The Hall–Kier alpha value is -3.50. The first-order valence-corrected chi connectivity index (χ1v) is 13.3. The Bertz CT molecular complexity index is 1240. The van der Waals surface area contributed by atoms with Crippen molar-refractivity contribution in [3.05, 3.63) is 70.8 Å². The predicted octanol–water partition coefficient (Wildman–Crippen LogP) is 5.14. The highest BCUT2D eigenvalue weighted by Gasteiger charge is 2.40. The number of nitrogens with one attached hydrogen (secondary N) is 1. The van der Waals surface area contributed by atoms with Gasteiger partial charge in [0.2, 0.25) is 11.8 Å². The lowest BCUT2D eigenvalue weighted by atomic mass is 9.82. The molecule has 4 rings (SSSR count). The van der Waals surface area contributed by atoms with Crippen molar-refractivity contribution in [2.45, 2.75) is 63.2 Å². The molecule has 1 N–H and O–H groups in total. The first-order chi connectivity index (χ1) is 18.8. The van der Waals surface area contributed by atoms with Gasteiger partial charge < -0.3 is 15.1 Å². The number of piperidine rings is 1. The van der Waals surface area contributed by atoms with E-state index in [9.17, 15) is 36.3 Å². The fourth-order valence-corrected chi connectivity index (χ4v) is 5.90. The van der Waals surface area contributed by atoms with E-state index in [1.54, 1.807) is 17.0 Å². The van der Waals surface area contributed by atoms with Crippen LogP contribution >= 0.6 is 0 Å². The van der Waals surface area contributed by atoms with Gasteiger partial charge in [0.15, 0.2) is 0 Å². The monoisotopic (exact) mass is 565 g/mol. The molecular formula is C29H32F5N3O3. The van der Waals surface area contributed by atoms with Crippen LogP contribution in [0.25, 0.3) is 0 Å². The minimum atomic E-state index is -4.96. The number of nitrogens with zero attached hydrogens (tertiary/aromatic N) is 2. The van der Waals surface area contributed by atoms with E-state index in [0.29, 0.717) is 56.3 Å². The Balaban J connectivity index is 1.53. The van der Waals surface area contributed by atoms with Gasteiger partial charge in [-0.2, -0.15) is 13.2 Å². The van der Waals surface area contributed by atoms with Gasteiger partial charge >= 0.3 is 6.18 Å². The zero-order valence-electron chi connectivity index (χ0n) is 22.3. The van der Waals surface area contributed by atoms with Crippen LogP contribution in [0.4, 0.5) is 22.0 Å². The van der Waals surface area contributed by atoms with Gasteiger partial charge in [0, 0.05) is 56.5 Å². The molecule has 0 aromatic heterocycles. The molecule has 1 heterocycles. The first kappa shape index (κ1) is 29.5. The molecule has 0 spiro atoms. The summed E-state index contributed by atoms with van der Waals surface area (Å²) >= 11 is 0. The van der Waals surface area contributed by atoms with Crippen LogP contribution in [-0.2, 0) is 15.8 Å². The molecule has 3 amide bonds. The number of alkyl halides is 3. The lowest BCUT2D eigenvalue weighted by Crippen LogP contribution is -2.53. The third kappa shape index (κ3) is 6.62. The van der Waals surface area contributed by atoms with E-state index < -0.39 is 41.2 Å². The van der Waals surface area contributed by atoms with Crippen molar-refractivity contribution in [2.24, 2.45) is 5.92 Å². The van der Waals surface area contributed by atoms with E-state index in [4.69, 9.17) is 0 Å². The largest absolute Gasteiger partial charge is 0.419 e. The standard InChI is InChI=1S/C29H32F5N3O3/c1-17(38)35-22-10-5-19(6-11-22)28(40)37-14-13-26(23(16-37)18-3-8-21(30)9-4-18)36(2)27(39)20-7-12-25(31)24(15-20)29(32,33)34/h3-4,7-9,12,15,19,22-23,26H,5-6,10-11,13-14,16H2,1-2H3,(H,35,38)/t19?,22?,23-,26+/m0/s1. The quantitative estimate of drug-likeness (QED) is 0.511. The minimum absolute atomic E-state index is 0.0193. The van der Waals surface area contributed by atoms with E-state index >= 15 is 0 Å². The van der Waals surface area contributed by atoms with Crippen LogP contribution in [0.15, 0.2) is 42.5 Å². The fraction of sp³-hybridized carbons (Fsp3) is 0.483. The second-order valence-corrected chi connectivity index (χ2v) is 10.7. The summed E-state index contributed by atoms with van der Waals surface area (Å²) < 4.78 is 67.3. The summed E-state index contributed by atoms with van der Waals surface area (Å²) in [6.45, 7) is 2.04. The number of halogens is 5. The van der Waals surface area contributed by atoms with Crippen LogP contribution in [0.3, 0.4) is 0 Å². The average Bonchev–Trinajstić information content (AvgIpc) is 2.92. The normalized spacial score (nSPS) is 23.4. The van der Waals surface area contributed by atoms with Crippen molar-refractivity contribution < 1.29 is 36.3 Å². The van der Waals surface area contributed by atoms with Crippen LogP contribution in [0.2, 0.25) is 0 Å². The summed E-state index contributed by atoms with van der Waals surface area (Å²) in [4.78, 5) is 41.2. The molecule has 1 aliphatic carbocycles. The van der Waals surface area contributed by atoms with E-state index in [-0.39, 0.29) is 35.9 Å². The van der Waals surface area contributed by atoms with Gasteiger partial charge in [-0.05, 0) is 68.0 Å². The lowest BCUT2D eigenvalue weighted by molar-refractivity contribution is -0.140. The summed E-state index contributed by atoms with van der Waals surface area (Å²) in [5.74, 6) is -3.37. The summed E-state index contributed by atoms with van der Waals surface area (Å²) in [5.41, 5.74) is -1.13. The third-order valence-corrected chi connectivity index (χ3v) is 8.01. The topological polar surface area (TPSA) is 69.7 Å². The molecule has 0 unspecified atom stereocenters. The highest BCUT2D eigenvalue weighted by molar-refractivity contribution is 5.94. The summed E-state index contributed by atoms with van der Waals surface area (Å²) in [6, 6.07) is 7.43. The molecular weight excluding hydrogens is 533 g/mol. The highest BCUT2D eigenvalue weighted by Crippen LogP contribution is 2.36. The van der Waals surface area contributed by atoms with Gasteiger partial charge in [0.25, 0.3) is 5.91 Å². The van der Waals surface area contributed by atoms with Crippen molar-refractivity contribution in [1.29, 1.82) is 0 Å². The Kier molecular flexibility index (Phi) is 8.80. The van der Waals surface area contributed by atoms with Crippen molar-refractivity contribution >= 4 is 17.7 Å². The summed E-state index contributed by atoms with van der Waals surface area (Å²) in [6.07, 6.45) is -1.94. The number of hydrogen-bond donors (Lipinski definition) is 1. The smallest absolute Gasteiger partial charge is 0.354 e. The molecule has 1 saturated carbocycles. The van der Waals surface area contributed by atoms with Gasteiger partial charge in [0.05, 0.1) is 5.56 Å². The Morgan fingerprint density at radius 1 is 0.950 bits per heavy atom. The van der Waals surface area contributed by atoms with E-state index in [2.05, 4.69) is 5.32 Å². The highest BCUT2D eigenvalue weighted by atomic mass is 19.4. The summed E-state index contributed by atoms with van der Waals surface area (Å²) in [7, 11) is 1.47. The fourth-order valence-electron chi connectivity index (χ4n) is 5.90. The Morgan fingerprint density at radius 3 is 2.20 bits per heavy atom. The number of carbonyl (C=O) groups is 3. The van der Waals surface area contributed by atoms with Gasteiger partial charge in [0.1, 0.15) is 11.6 Å². The second kappa shape index (κ2) is 11.9. The summed E-state index contributed by atoms with van der Waals surface area (Å²) in [5, 5.41) is 2.90. The van der Waals surface area contributed by atoms with Gasteiger partial charge in [-0.1, -0.05) is 12.1 Å². The van der Waals surface area contributed by atoms with Crippen LogP contribution in [0, 0.1) is 17.6 Å². The van der Waals surface area contributed by atoms with Crippen LogP contribution in [0.1, 0.15) is 66.4 Å². The maximum Gasteiger partial charge on any atom is 0.419 e. The van der Waals surface area contributed by atoms with E-state index in [1.807, 2.05) is 0 Å². The molecule has 0 bridgehead atoms. The number of carbonyl (C=O) groups excluding carboxylic acids is 3. The van der Waals surface area contributed by atoms with Crippen molar-refractivity contribution in [1.82, 2.24) is 15.1 Å². The molecule has 2 aromatic carbocycles. The lowest BCUT2D eigenvalue weighted by Gasteiger charge is -2.44. The van der Waals surface area contributed by atoms with E-state index in [1.165, 1.54) is 31.0 Å². The Labute approximate surface area is 229 Å². The van der Waals surface area contributed by atoms with Crippen molar-refractivity contribution in [3.8, 4) is 0 Å². The molecule has 11 heteroatoms. The zero-order chi connectivity index (χ0) is 29.2. The molecule has 6 nitrogen and oxygen atoms in total. The van der Waals surface area contributed by atoms with Gasteiger partial charge in [-0.25, -0.2) is 8.78 Å². The molecule has 1 aliphatic heterocycles. The van der Waals surface area contributed by atoms with Gasteiger partial charge in [-0.15, -0.1) is 0 Å². The molecule has 2 aromatic rings. The number of amides is 3. The molecule has 0 radical (unpaired) electrons. The SMILES string of the molecule is CC(=O)NC1CCC(C(=O)N2CC[C@@H](N(C)C(=O)c3ccc(F)c(C(F)(F)F)c3)[C@H](c3ccc(F)cc3)C2)CC1. The van der Waals surface area contributed by atoms with Crippen molar-refractivity contribution in [3.63, 3.8) is 0 Å². The molecule has 1 saturated heterocycles. The predicted molar refractivity (Wildman–Crippen MR) is 137 cm³/mol. The zero-order valence-corrected chi connectivity index (χ0v) is 22.3. The van der Waals surface area contributed by atoms with Crippen LogP contribution < -0.4 is 5.32 Å². The van der Waals surface area contributed by atoms with E-state index in [0.717, 1.165) is 6.07 Å². The molecule has 2 atom stereocenters. The average molecular weight is 566 g/mol. The number of benzene rings is 2. The number of likely N-dealkylation sites (tertiary alicyclic amines) is 1. The van der Waals surface area contributed by atoms with Gasteiger partial charge in [-0.3, -0.25) is 14.4 Å². The maximum atomic E-state index is 13.8. The van der Waals surface area contributed by atoms with Crippen LogP contribution in [0.5, 0.6) is 0 Å². The number of rotatable bonds is 5. The van der Waals surface area contributed by atoms with Crippen molar-refractivity contribution in [2.75, 3.05) is 20.1 Å². The molecule has 216 valence electrons. The maximum absolute atomic E-state index is 13.8. The third-order valence-electron chi connectivity index (χ3n) is 8.01. The van der Waals surface area contributed by atoms with Crippen LogP contribution in [-0.4, -0.2) is 59.7 Å². The first-order valence-electron chi connectivity index (χ1n) is 13.3. The Morgan fingerprint density at radius 2 is 1.60 bits per heavy atom. The second-order valence-electron chi connectivity index (χ2n) is 10.7.